The lowest BCUT2D eigenvalue weighted by atomic mass is 9.99. The molecule has 4 N–H and O–H groups in total. The molecule has 12 heteroatoms. The van der Waals surface area contributed by atoms with Crippen molar-refractivity contribution in [3.05, 3.63) is 53.6 Å². The lowest BCUT2D eigenvalue weighted by Crippen LogP contribution is -2.66. The fourth-order valence-electron chi connectivity index (χ4n) is 5.43. The van der Waals surface area contributed by atoms with Crippen LogP contribution in [0.5, 0.6) is 5.75 Å². The third-order valence-corrected chi connectivity index (χ3v) is 8.25. The van der Waals surface area contributed by atoms with E-state index in [-0.39, 0.29) is 56.2 Å². The first-order chi connectivity index (χ1) is 19.8. The minimum absolute atomic E-state index is 0.0242. The lowest BCUT2D eigenvalue weighted by molar-refractivity contribution is -0.157. The molecule has 11 nitrogen and oxygen atoms in total. The highest BCUT2D eigenvalue weighted by Crippen LogP contribution is 2.32. The van der Waals surface area contributed by atoms with Crippen LogP contribution in [0.15, 0.2) is 42.5 Å². The Morgan fingerprint density at radius 1 is 1.27 bits per heavy atom. The maximum atomic E-state index is 14.0. The van der Waals surface area contributed by atoms with Crippen molar-refractivity contribution >= 4 is 44.5 Å². The van der Waals surface area contributed by atoms with Crippen molar-refractivity contribution in [3.63, 3.8) is 0 Å². The Labute approximate surface area is 242 Å². The number of aromatic nitrogens is 1. The van der Waals surface area contributed by atoms with Gasteiger partial charge in [-0.1, -0.05) is 54.9 Å². The molecule has 0 unspecified atom stereocenters. The number of nitrogen functional groups attached to an aromatic ring is 1. The first kappa shape index (κ1) is 28.2. The first-order valence-electron chi connectivity index (χ1n) is 13.6. The summed E-state index contributed by atoms with van der Waals surface area (Å²) in [6.07, 6.45) is 7.02. The van der Waals surface area contributed by atoms with Gasteiger partial charge in [-0.05, 0) is 35.7 Å². The number of urea groups is 1. The average molecular weight is 576 g/mol. The van der Waals surface area contributed by atoms with E-state index in [2.05, 4.69) is 16.2 Å². The number of fused-ring (bicyclic) bond motifs is 2. The van der Waals surface area contributed by atoms with Crippen LogP contribution >= 0.6 is 11.3 Å². The average Bonchev–Trinajstić information content (AvgIpc) is 3.49. The number of phenolic OH excluding ortho intramolecular Hbond substituents is 1. The van der Waals surface area contributed by atoms with Crippen LogP contribution in [0.4, 0.5) is 9.93 Å². The fourth-order valence-corrected chi connectivity index (χ4v) is 6.21. The van der Waals surface area contributed by atoms with Crippen molar-refractivity contribution < 1.29 is 19.5 Å². The molecule has 2 aliphatic heterocycles. The van der Waals surface area contributed by atoms with E-state index in [1.54, 1.807) is 39.1 Å². The van der Waals surface area contributed by atoms with Crippen LogP contribution in [0.3, 0.4) is 0 Å². The highest BCUT2D eigenvalue weighted by Gasteiger charge is 2.52. The Hall–Kier alpha value is -4.34. The van der Waals surface area contributed by atoms with Gasteiger partial charge in [0.1, 0.15) is 18.0 Å². The molecule has 0 bridgehead atoms. The smallest absolute Gasteiger partial charge is 0.332 e. The predicted octanol–water partition coefficient (Wildman–Crippen LogP) is 2.37. The molecule has 0 spiro atoms. The molecule has 3 heterocycles. The number of hydrogen-bond donors (Lipinski definition) is 3. The zero-order valence-electron chi connectivity index (χ0n) is 22.8. The number of hydrogen-bond acceptors (Lipinski definition) is 8. The molecule has 4 amide bonds. The summed E-state index contributed by atoms with van der Waals surface area (Å²) in [6, 6.07) is 11.1. The maximum absolute atomic E-state index is 14.0. The van der Waals surface area contributed by atoms with E-state index in [1.165, 1.54) is 16.3 Å². The number of carbonyl (C=O) groups is 3. The van der Waals surface area contributed by atoms with Gasteiger partial charge in [0.15, 0.2) is 5.13 Å². The summed E-state index contributed by atoms with van der Waals surface area (Å²) in [7, 11) is 0. The minimum atomic E-state index is -0.814. The molecule has 5 rings (SSSR count). The number of para-hydroxylation sites is 1. The molecule has 2 fully saturated rings. The van der Waals surface area contributed by atoms with Crippen molar-refractivity contribution in [2.45, 2.75) is 44.9 Å². The third kappa shape index (κ3) is 5.77. The van der Waals surface area contributed by atoms with Gasteiger partial charge in [-0.15, -0.1) is 6.42 Å². The molecule has 214 valence electrons. The summed E-state index contributed by atoms with van der Waals surface area (Å²) in [4.78, 5) is 48.5. The van der Waals surface area contributed by atoms with Crippen LogP contribution in [-0.2, 0) is 22.6 Å². The number of amides is 4. The Bertz CT molecular complexity index is 1480. The van der Waals surface area contributed by atoms with E-state index in [1.807, 2.05) is 25.1 Å². The van der Waals surface area contributed by atoms with E-state index in [0.29, 0.717) is 11.7 Å². The van der Waals surface area contributed by atoms with Crippen LogP contribution in [0.1, 0.15) is 30.9 Å². The molecule has 2 aliphatic rings. The van der Waals surface area contributed by atoms with Gasteiger partial charge in [0.25, 0.3) is 0 Å². The quantitative estimate of drug-likeness (QED) is 0.263. The molecule has 2 saturated heterocycles. The Balaban J connectivity index is 1.49. The molecule has 2 atom stereocenters. The van der Waals surface area contributed by atoms with Crippen LogP contribution in [0.2, 0.25) is 0 Å². The molecule has 1 aromatic heterocycles. The largest absolute Gasteiger partial charge is 0.508 e. The van der Waals surface area contributed by atoms with Crippen LogP contribution in [0.25, 0.3) is 10.2 Å². The zero-order valence-corrected chi connectivity index (χ0v) is 23.6. The molecular formula is C29H33N7O4S. The van der Waals surface area contributed by atoms with Crippen molar-refractivity contribution in [1.82, 2.24) is 30.1 Å². The van der Waals surface area contributed by atoms with Crippen molar-refractivity contribution in [2.24, 2.45) is 0 Å². The number of carbonyl (C=O) groups excluding carboxylic acids is 3. The van der Waals surface area contributed by atoms with Crippen molar-refractivity contribution in [1.29, 1.82) is 0 Å². The van der Waals surface area contributed by atoms with E-state index >= 15 is 0 Å². The van der Waals surface area contributed by atoms with Gasteiger partial charge in [0.2, 0.25) is 11.8 Å². The number of hydrazine groups is 1. The SMILES string of the molecule is C#CCN(C(=O)NCCCC)N1CC(=O)N2[C@@H](Cc3ccc(O)cc3)C(=O)N(Cc3cccc4sc(N)nc34)C[C@@H]21. The summed E-state index contributed by atoms with van der Waals surface area (Å²) in [5, 5.41) is 16.2. The number of rotatable bonds is 9. The van der Waals surface area contributed by atoms with Crippen LogP contribution in [0, 0.1) is 12.3 Å². The number of nitrogens with one attached hydrogen (secondary N) is 1. The van der Waals surface area contributed by atoms with Crippen LogP contribution < -0.4 is 11.1 Å². The molecule has 2 aromatic carbocycles. The Morgan fingerprint density at radius 3 is 2.78 bits per heavy atom. The van der Waals surface area contributed by atoms with Gasteiger partial charge >= 0.3 is 6.03 Å². The molecule has 0 radical (unpaired) electrons. The number of thiazole rings is 1. The second-order valence-electron chi connectivity index (χ2n) is 10.1. The van der Waals surface area contributed by atoms with E-state index < -0.39 is 12.2 Å². The van der Waals surface area contributed by atoms with Crippen molar-refractivity contribution in [2.75, 3.05) is 31.9 Å². The maximum Gasteiger partial charge on any atom is 0.332 e. The van der Waals surface area contributed by atoms with Gasteiger partial charge in [-0.25, -0.2) is 14.8 Å². The van der Waals surface area contributed by atoms with Crippen molar-refractivity contribution in [3.8, 4) is 18.1 Å². The number of aromatic hydroxyl groups is 1. The number of benzene rings is 2. The molecule has 41 heavy (non-hydrogen) atoms. The Kier molecular flexibility index (Phi) is 8.28. The highest BCUT2D eigenvalue weighted by molar-refractivity contribution is 7.22. The zero-order chi connectivity index (χ0) is 29.1. The summed E-state index contributed by atoms with van der Waals surface area (Å²) in [6.45, 7) is 2.85. The summed E-state index contributed by atoms with van der Waals surface area (Å²) < 4.78 is 0.924. The lowest BCUT2D eigenvalue weighted by Gasteiger charge is -2.46. The normalized spacial score (nSPS) is 18.9. The first-order valence-corrected chi connectivity index (χ1v) is 14.4. The number of unbranched alkanes of at least 4 members (excludes halogenated alkanes) is 1. The molecule has 0 aliphatic carbocycles. The van der Waals surface area contributed by atoms with Gasteiger partial charge in [0.05, 0.1) is 29.9 Å². The van der Waals surface area contributed by atoms with Gasteiger partial charge in [-0.2, -0.15) is 5.01 Å². The third-order valence-electron chi connectivity index (χ3n) is 7.40. The second-order valence-corrected chi connectivity index (χ2v) is 11.2. The van der Waals surface area contributed by atoms with Gasteiger partial charge in [0, 0.05) is 19.5 Å². The molecule has 0 saturated carbocycles. The van der Waals surface area contributed by atoms with E-state index in [4.69, 9.17) is 12.2 Å². The second kappa shape index (κ2) is 12.0. The monoisotopic (exact) mass is 575 g/mol. The summed E-state index contributed by atoms with van der Waals surface area (Å²) in [5.74, 6) is 2.18. The summed E-state index contributed by atoms with van der Waals surface area (Å²) in [5.41, 5.74) is 8.35. The molecule has 3 aromatic rings. The van der Waals surface area contributed by atoms with Crippen LogP contribution in [-0.4, -0.2) is 86.1 Å². The topological polar surface area (TPSA) is 135 Å². The number of terminal acetylenes is 1. The highest BCUT2D eigenvalue weighted by atomic mass is 32.1. The number of piperazine rings is 1. The minimum Gasteiger partial charge on any atom is -0.508 e. The number of nitrogens with two attached hydrogens (primary N) is 1. The number of phenols is 1. The fraction of sp³-hybridized carbons (Fsp3) is 0.379. The predicted molar refractivity (Wildman–Crippen MR) is 156 cm³/mol. The van der Waals surface area contributed by atoms with Gasteiger partial charge < -0.3 is 26.0 Å². The molecular weight excluding hydrogens is 542 g/mol. The standard InChI is InChI=1S/C29H33N7O4S/c1-3-5-13-31-29(40)34(14-4-2)35-18-25(38)36-22(15-19-9-11-21(37)12-10-19)27(39)33(17-24(35)36)16-20-7-6-8-23-26(20)32-28(30)41-23/h2,6-12,22,24,37H,3,5,13-18H2,1H3,(H2,30,32)(H,31,40)/t22-,24+/m0/s1. The van der Waals surface area contributed by atoms with Gasteiger partial charge in [-0.3, -0.25) is 9.59 Å². The van der Waals surface area contributed by atoms with E-state index in [9.17, 15) is 19.5 Å². The number of nitrogens with zero attached hydrogens (tertiary/aromatic N) is 5. The Morgan fingerprint density at radius 2 is 2.05 bits per heavy atom. The number of anilines is 1. The van der Waals surface area contributed by atoms with E-state index in [0.717, 1.165) is 34.2 Å². The summed E-state index contributed by atoms with van der Waals surface area (Å²) >= 11 is 1.38.